The Morgan fingerprint density at radius 3 is 2.44 bits per heavy atom. The number of rotatable bonds is 2. The van der Waals surface area contributed by atoms with Crippen LogP contribution in [0.2, 0.25) is 0 Å². The summed E-state index contributed by atoms with van der Waals surface area (Å²) in [6.45, 7) is 2.09. The van der Waals surface area contributed by atoms with Gasteiger partial charge in [-0.3, -0.25) is 0 Å². The molecule has 0 saturated heterocycles. The zero-order valence-electron chi connectivity index (χ0n) is 11.2. The second kappa shape index (κ2) is 4.96. The van der Waals surface area contributed by atoms with Gasteiger partial charge in [0.15, 0.2) is 0 Å². The fraction of sp³-hybridized carbons (Fsp3) is 0.733. The summed E-state index contributed by atoms with van der Waals surface area (Å²) in [5.41, 5.74) is 8.29. The molecule has 0 bridgehead atoms. The maximum Gasteiger partial charge on any atom is 0.132 e. The standard InChI is InChI=1S/C15H23N3/c1-10-7-14(11-5-3-2-4-6-11)18-15(17-10)12-8-13(16)9-12/h7,11-13H,2-6,8-9,16H2,1H3. The van der Waals surface area contributed by atoms with Gasteiger partial charge in [-0.1, -0.05) is 19.3 Å². The summed E-state index contributed by atoms with van der Waals surface area (Å²) in [4.78, 5) is 9.47. The van der Waals surface area contributed by atoms with Crippen molar-refractivity contribution in [2.75, 3.05) is 0 Å². The molecule has 98 valence electrons. The first-order valence-electron chi connectivity index (χ1n) is 7.33. The Hall–Kier alpha value is -0.960. The van der Waals surface area contributed by atoms with Crippen LogP contribution in [0.25, 0.3) is 0 Å². The maximum absolute atomic E-state index is 5.87. The zero-order valence-corrected chi connectivity index (χ0v) is 11.2. The van der Waals surface area contributed by atoms with E-state index in [1.54, 1.807) is 0 Å². The minimum Gasteiger partial charge on any atom is -0.328 e. The van der Waals surface area contributed by atoms with Crippen LogP contribution in [0.1, 0.15) is 74.0 Å². The van der Waals surface area contributed by atoms with Crippen molar-refractivity contribution >= 4 is 0 Å². The van der Waals surface area contributed by atoms with Gasteiger partial charge in [0.05, 0.1) is 0 Å². The molecular formula is C15H23N3. The molecule has 2 aliphatic rings. The van der Waals surface area contributed by atoms with E-state index in [1.807, 2.05) is 0 Å². The van der Waals surface area contributed by atoms with Gasteiger partial charge in [-0.25, -0.2) is 9.97 Å². The molecule has 0 radical (unpaired) electrons. The van der Waals surface area contributed by atoms with E-state index in [2.05, 4.69) is 18.0 Å². The maximum atomic E-state index is 5.87. The first-order chi connectivity index (χ1) is 8.72. The minimum absolute atomic E-state index is 0.372. The molecule has 0 aromatic carbocycles. The van der Waals surface area contributed by atoms with Gasteiger partial charge in [0.1, 0.15) is 5.82 Å². The molecular weight excluding hydrogens is 222 g/mol. The Balaban J connectivity index is 1.81. The molecule has 2 aliphatic carbocycles. The molecule has 2 fully saturated rings. The summed E-state index contributed by atoms with van der Waals surface area (Å²) < 4.78 is 0. The lowest BCUT2D eigenvalue weighted by atomic mass is 9.80. The fourth-order valence-electron chi connectivity index (χ4n) is 3.28. The van der Waals surface area contributed by atoms with E-state index in [4.69, 9.17) is 10.7 Å². The van der Waals surface area contributed by atoms with Crippen LogP contribution >= 0.6 is 0 Å². The van der Waals surface area contributed by atoms with Gasteiger partial charge >= 0.3 is 0 Å². The molecule has 0 atom stereocenters. The third kappa shape index (κ3) is 2.41. The van der Waals surface area contributed by atoms with Crippen LogP contribution in [0.3, 0.4) is 0 Å². The van der Waals surface area contributed by atoms with Crippen molar-refractivity contribution in [1.82, 2.24) is 9.97 Å². The monoisotopic (exact) mass is 245 g/mol. The van der Waals surface area contributed by atoms with Crippen LogP contribution in [-0.4, -0.2) is 16.0 Å². The van der Waals surface area contributed by atoms with Crippen molar-refractivity contribution in [3.8, 4) is 0 Å². The zero-order chi connectivity index (χ0) is 12.5. The molecule has 0 unspecified atom stereocenters. The molecule has 3 heteroatoms. The smallest absolute Gasteiger partial charge is 0.132 e. The van der Waals surface area contributed by atoms with Gasteiger partial charge in [0, 0.05) is 29.3 Å². The highest BCUT2D eigenvalue weighted by atomic mass is 14.9. The molecule has 3 rings (SSSR count). The Bertz CT molecular complexity index is 418. The van der Waals surface area contributed by atoms with E-state index < -0.39 is 0 Å². The topological polar surface area (TPSA) is 51.8 Å². The lowest BCUT2D eigenvalue weighted by Crippen LogP contribution is -2.35. The van der Waals surface area contributed by atoms with E-state index in [0.717, 1.165) is 24.4 Å². The van der Waals surface area contributed by atoms with Gasteiger partial charge in [0.25, 0.3) is 0 Å². The second-order valence-electron chi connectivity index (χ2n) is 6.06. The Morgan fingerprint density at radius 1 is 1.06 bits per heavy atom. The molecule has 3 nitrogen and oxygen atoms in total. The van der Waals surface area contributed by atoms with Crippen LogP contribution < -0.4 is 5.73 Å². The number of nitrogens with zero attached hydrogens (tertiary/aromatic N) is 2. The average molecular weight is 245 g/mol. The van der Waals surface area contributed by atoms with Crippen molar-refractivity contribution < 1.29 is 0 Å². The highest BCUT2D eigenvalue weighted by Gasteiger charge is 2.30. The minimum atomic E-state index is 0.372. The number of hydrogen-bond donors (Lipinski definition) is 1. The van der Waals surface area contributed by atoms with Crippen molar-refractivity contribution in [1.29, 1.82) is 0 Å². The van der Waals surface area contributed by atoms with Crippen molar-refractivity contribution in [3.05, 3.63) is 23.3 Å². The number of aryl methyl sites for hydroxylation is 1. The van der Waals surface area contributed by atoms with Crippen molar-refractivity contribution in [2.45, 2.75) is 69.7 Å². The average Bonchev–Trinajstić information content (AvgIpc) is 2.35. The summed E-state index contributed by atoms with van der Waals surface area (Å²) in [6, 6.07) is 2.56. The van der Waals surface area contributed by atoms with Gasteiger partial charge in [-0.05, 0) is 38.7 Å². The second-order valence-corrected chi connectivity index (χ2v) is 6.06. The van der Waals surface area contributed by atoms with E-state index >= 15 is 0 Å². The van der Waals surface area contributed by atoms with Gasteiger partial charge in [0.2, 0.25) is 0 Å². The third-order valence-corrected chi connectivity index (χ3v) is 4.45. The lowest BCUT2D eigenvalue weighted by Gasteiger charge is -2.32. The van der Waals surface area contributed by atoms with Gasteiger partial charge in [-0.2, -0.15) is 0 Å². The first kappa shape index (κ1) is 12.1. The van der Waals surface area contributed by atoms with E-state index in [9.17, 15) is 0 Å². The van der Waals surface area contributed by atoms with E-state index in [0.29, 0.717) is 17.9 Å². The van der Waals surface area contributed by atoms with Crippen LogP contribution in [0.4, 0.5) is 0 Å². The first-order valence-corrected chi connectivity index (χ1v) is 7.33. The molecule has 0 aliphatic heterocycles. The predicted octanol–water partition coefficient (Wildman–Crippen LogP) is 3.04. The molecule has 1 aromatic heterocycles. The van der Waals surface area contributed by atoms with Crippen molar-refractivity contribution in [3.63, 3.8) is 0 Å². The molecule has 18 heavy (non-hydrogen) atoms. The number of hydrogen-bond acceptors (Lipinski definition) is 3. The van der Waals surface area contributed by atoms with Gasteiger partial charge in [-0.15, -0.1) is 0 Å². The normalized spacial score (nSPS) is 29.0. The lowest BCUT2D eigenvalue weighted by molar-refractivity contribution is 0.335. The molecule has 2 saturated carbocycles. The van der Waals surface area contributed by atoms with Crippen molar-refractivity contribution in [2.24, 2.45) is 5.73 Å². The Morgan fingerprint density at radius 2 is 1.78 bits per heavy atom. The molecule has 0 amide bonds. The molecule has 0 spiro atoms. The highest BCUT2D eigenvalue weighted by Crippen LogP contribution is 2.36. The summed E-state index contributed by atoms with van der Waals surface area (Å²) in [5, 5.41) is 0. The number of aromatic nitrogens is 2. The summed E-state index contributed by atoms with van der Waals surface area (Å²) in [7, 11) is 0. The summed E-state index contributed by atoms with van der Waals surface area (Å²) in [6.07, 6.45) is 8.85. The van der Waals surface area contributed by atoms with Crippen LogP contribution in [-0.2, 0) is 0 Å². The molecule has 2 N–H and O–H groups in total. The van der Waals surface area contributed by atoms with Crippen LogP contribution in [0, 0.1) is 6.92 Å². The van der Waals surface area contributed by atoms with E-state index in [1.165, 1.54) is 37.8 Å². The molecule has 1 aromatic rings. The van der Waals surface area contributed by atoms with Crippen LogP contribution in [0.5, 0.6) is 0 Å². The van der Waals surface area contributed by atoms with Crippen LogP contribution in [0.15, 0.2) is 6.07 Å². The SMILES string of the molecule is Cc1cc(C2CCCCC2)nc(C2CC(N)C2)n1. The summed E-state index contributed by atoms with van der Waals surface area (Å²) in [5.74, 6) is 2.24. The van der Waals surface area contributed by atoms with Gasteiger partial charge < -0.3 is 5.73 Å². The van der Waals surface area contributed by atoms with E-state index in [-0.39, 0.29) is 0 Å². The predicted molar refractivity (Wildman–Crippen MR) is 72.5 cm³/mol. The fourth-order valence-corrected chi connectivity index (χ4v) is 3.28. The summed E-state index contributed by atoms with van der Waals surface area (Å²) >= 11 is 0. The number of nitrogens with two attached hydrogens (primary N) is 1. The Labute approximate surface area is 109 Å². The largest absolute Gasteiger partial charge is 0.328 e. The highest BCUT2D eigenvalue weighted by molar-refractivity contribution is 5.18. The molecule has 1 heterocycles. The third-order valence-electron chi connectivity index (χ3n) is 4.45. The quantitative estimate of drug-likeness (QED) is 0.871. The Kier molecular flexibility index (Phi) is 3.33.